The molecule has 8 heteroatoms. The maximum absolute atomic E-state index is 10.1. The summed E-state index contributed by atoms with van der Waals surface area (Å²) in [7, 11) is 0. The van der Waals surface area contributed by atoms with Crippen LogP contribution in [0.25, 0.3) is 0 Å². The van der Waals surface area contributed by atoms with Gasteiger partial charge in [-0.1, -0.05) is 24.3 Å². The van der Waals surface area contributed by atoms with Gasteiger partial charge in [-0.15, -0.1) is 0 Å². The van der Waals surface area contributed by atoms with Gasteiger partial charge >= 0.3 is 0 Å². The molecule has 4 nitrogen and oxygen atoms in total. The van der Waals surface area contributed by atoms with Crippen LogP contribution in [0.2, 0.25) is 0 Å². The molecule has 0 saturated heterocycles. The first kappa shape index (κ1) is 27.0. The van der Waals surface area contributed by atoms with Crippen molar-refractivity contribution in [3.63, 3.8) is 0 Å². The van der Waals surface area contributed by atoms with Gasteiger partial charge in [-0.3, -0.25) is 0 Å². The molecule has 4 rings (SSSR count). The molecule has 4 N–H and O–H groups in total. The van der Waals surface area contributed by atoms with Crippen LogP contribution in [-0.4, -0.2) is 20.4 Å². The molecular weight excluding hydrogens is 720 g/mol. The lowest BCUT2D eigenvalue weighted by Crippen LogP contribution is -2.07. The summed E-state index contributed by atoms with van der Waals surface area (Å²) >= 11 is 13.8. The second-order valence-electron chi connectivity index (χ2n) is 8.53. The van der Waals surface area contributed by atoms with E-state index in [-0.39, 0.29) is 34.8 Å². The van der Waals surface area contributed by atoms with Crippen LogP contribution in [0.1, 0.15) is 46.9 Å². The Balaban J connectivity index is 1.76. The maximum Gasteiger partial charge on any atom is 0.129 e. The molecule has 0 unspecified atom stereocenters. The molecule has 0 spiro atoms. The molecule has 0 amide bonds. The first-order chi connectivity index (χ1) is 17.1. The van der Waals surface area contributed by atoms with Crippen LogP contribution in [0, 0.1) is 0 Å². The fraction of sp³-hybridized carbons (Fsp3) is 0.143. The second kappa shape index (κ2) is 11.6. The van der Waals surface area contributed by atoms with Gasteiger partial charge in [0, 0.05) is 11.8 Å². The second-order valence-corrected chi connectivity index (χ2v) is 11.9. The van der Waals surface area contributed by atoms with Crippen LogP contribution in [0.4, 0.5) is 0 Å². The molecule has 0 aliphatic heterocycles. The van der Waals surface area contributed by atoms with Gasteiger partial charge in [0.1, 0.15) is 23.0 Å². The van der Waals surface area contributed by atoms with Crippen molar-refractivity contribution in [3.8, 4) is 23.0 Å². The predicted molar refractivity (Wildman–Crippen MR) is 156 cm³/mol. The van der Waals surface area contributed by atoms with E-state index in [2.05, 4.69) is 63.7 Å². The van der Waals surface area contributed by atoms with Crippen molar-refractivity contribution < 1.29 is 20.4 Å². The van der Waals surface area contributed by atoms with E-state index in [4.69, 9.17) is 0 Å². The van der Waals surface area contributed by atoms with Gasteiger partial charge in [0.15, 0.2) is 0 Å². The third-order valence-corrected chi connectivity index (χ3v) is 8.78. The van der Waals surface area contributed by atoms with Crippen molar-refractivity contribution in [3.05, 3.63) is 113 Å². The largest absolute Gasteiger partial charge is 0.507 e. The first-order valence-corrected chi connectivity index (χ1v) is 14.2. The summed E-state index contributed by atoms with van der Waals surface area (Å²) in [4.78, 5) is 0. The van der Waals surface area contributed by atoms with E-state index in [1.165, 1.54) is 0 Å². The highest BCUT2D eigenvalue weighted by Gasteiger charge is 2.22. The molecule has 4 aromatic rings. The minimum Gasteiger partial charge on any atom is -0.507 e. The van der Waals surface area contributed by atoms with Crippen molar-refractivity contribution in [2.45, 2.75) is 24.7 Å². The van der Waals surface area contributed by atoms with Crippen LogP contribution >= 0.6 is 63.7 Å². The molecule has 0 fully saturated rings. The van der Waals surface area contributed by atoms with Crippen molar-refractivity contribution in [1.82, 2.24) is 0 Å². The van der Waals surface area contributed by atoms with Gasteiger partial charge in [0.25, 0.3) is 0 Å². The van der Waals surface area contributed by atoms with Crippen molar-refractivity contribution in [1.29, 1.82) is 0 Å². The summed E-state index contributed by atoms with van der Waals surface area (Å²) in [6, 6.07) is 22.0. The fourth-order valence-electron chi connectivity index (χ4n) is 4.34. The molecule has 0 radical (unpaired) electrons. The number of aromatic hydroxyl groups is 4. The zero-order valence-electron chi connectivity index (χ0n) is 18.8. The van der Waals surface area contributed by atoms with Crippen LogP contribution in [0.15, 0.2) is 90.7 Å². The highest BCUT2D eigenvalue weighted by molar-refractivity contribution is 9.11. The zero-order valence-corrected chi connectivity index (χ0v) is 25.1. The minimum atomic E-state index is -0.0255. The third kappa shape index (κ3) is 6.10. The molecule has 0 aliphatic rings. The fourth-order valence-corrected chi connectivity index (χ4v) is 5.93. The first-order valence-electron chi connectivity index (χ1n) is 11.1. The van der Waals surface area contributed by atoms with Crippen LogP contribution in [0.3, 0.4) is 0 Å². The quantitative estimate of drug-likeness (QED) is 0.152. The number of hydrogen-bond donors (Lipinski definition) is 4. The van der Waals surface area contributed by atoms with Gasteiger partial charge < -0.3 is 20.4 Å². The van der Waals surface area contributed by atoms with Crippen molar-refractivity contribution >= 4 is 63.7 Å². The van der Waals surface area contributed by atoms with Crippen LogP contribution < -0.4 is 0 Å². The summed E-state index contributed by atoms with van der Waals surface area (Å²) in [5.41, 5.74) is 4.09. The lowest BCUT2D eigenvalue weighted by atomic mass is 9.81. The highest BCUT2D eigenvalue weighted by Crippen LogP contribution is 2.42. The number of rotatable bonds is 7. The van der Waals surface area contributed by atoms with Crippen LogP contribution in [0.5, 0.6) is 23.0 Å². The predicted octanol–water partition coefficient (Wildman–Crippen LogP) is 9.30. The Morgan fingerprint density at radius 3 is 0.833 bits per heavy atom. The van der Waals surface area contributed by atoms with E-state index in [9.17, 15) is 20.4 Å². The smallest absolute Gasteiger partial charge is 0.129 e. The van der Waals surface area contributed by atoms with E-state index in [1.807, 2.05) is 48.5 Å². The average Bonchev–Trinajstić information content (AvgIpc) is 2.84. The molecule has 36 heavy (non-hydrogen) atoms. The number of phenols is 4. The Hall–Kier alpha value is -2.00. The molecule has 186 valence electrons. The molecule has 0 bridgehead atoms. The number of halogens is 4. The summed E-state index contributed by atoms with van der Waals surface area (Å²) in [6.07, 6.45) is 1.49. The van der Waals surface area contributed by atoms with Gasteiger partial charge in [-0.05, 0) is 147 Å². The lowest BCUT2D eigenvalue weighted by Gasteiger charge is -2.24. The van der Waals surface area contributed by atoms with Crippen molar-refractivity contribution in [2.75, 3.05) is 0 Å². The monoisotopic (exact) mass is 738 g/mol. The Labute approximate surface area is 243 Å². The Kier molecular flexibility index (Phi) is 8.71. The third-order valence-electron chi connectivity index (χ3n) is 6.24. The number of benzene rings is 4. The lowest BCUT2D eigenvalue weighted by molar-refractivity contribution is 0.469. The van der Waals surface area contributed by atoms with Crippen molar-refractivity contribution in [2.24, 2.45) is 0 Å². The normalized spacial score (nSPS) is 11.4. The van der Waals surface area contributed by atoms with Gasteiger partial charge in [-0.25, -0.2) is 0 Å². The standard InChI is InChI=1S/C28H22Br4O4/c29-21-11-15(1-7-25(21)33)19(16-2-8-26(34)22(30)12-16)5-6-20(17-3-9-27(35)23(31)13-17)18-4-10-28(36)24(32)14-18/h1-4,7-14,19-20,33-36H,5-6H2. The number of phenolic OH excluding ortho intramolecular Hbond substituents is 4. The van der Waals surface area contributed by atoms with E-state index in [0.29, 0.717) is 17.9 Å². The summed E-state index contributed by atoms with van der Waals surface area (Å²) in [5.74, 6) is 0.635. The molecular formula is C28H22Br4O4. The Morgan fingerprint density at radius 1 is 0.417 bits per heavy atom. The Morgan fingerprint density at radius 2 is 0.639 bits per heavy atom. The van der Waals surface area contributed by atoms with E-state index >= 15 is 0 Å². The van der Waals surface area contributed by atoms with Crippen LogP contribution in [-0.2, 0) is 0 Å². The minimum absolute atomic E-state index is 0.0255. The highest BCUT2D eigenvalue weighted by atomic mass is 79.9. The van der Waals surface area contributed by atoms with Gasteiger partial charge in [0.2, 0.25) is 0 Å². The summed E-state index contributed by atoms with van der Waals surface area (Å²) in [6.45, 7) is 0. The summed E-state index contributed by atoms with van der Waals surface area (Å²) in [5, 5.41) is 40.2. The van der Waals surface area contributed by atoms with Gasteiger partial charge in [-0.2, -0.15) is 0 Å². The average molecular weight is 742 g/mol. The SMILES string of the molecule is Oc1ccc(C(CCC(c2ccc(O)c(Br)c2)c2ccc(O)c(Br)c2)c2ccc(O)c(Br)c2)cc1Br. The molecule has 0 aromatic heterocycles. The number of hydrogen-bond acceptors (Lipinski definition) is 4. The summed E-state index contributed by atoms with van der Waals surface area (Å²) < 4.78 is 2.46. The topological polar surface area (TPSA) is 80.9 Å². The maximum atomic E-state index is 10.1. The molecule has 0 atom stereocenters. The van der Waals surface area contributed by atoms with E-state index in [0.717, 1.165) is 35.1 Å². The zero-order chi connectivity index (χ0) is 26.0. The molecule has 0 heterocycles. The van der Waals surface area contributed by atoms with Gasteiger partial charge in [0.05, 0.1) is 17.9 Å². The molecule has 0 aliphatic carbocycles. The van der Waals surface area contributed by atoms with E-state index in [1.54, 1.807) is 24.3 Å². The Bertz CT molecular complexity index is 1200. The van der Waals surface area contributed by atoms with E-state index < -0.39 is 0 Å². The molecule has 0 saturated carbocycles. The molecule has 4 aromatic carbocycles.